The van der Waals surface area contributed by atoms with E-state index in [0.29, 0.717) is 48.0 Å². The fourth-order valence-electron chi connectivity index (χ4n) is 4.74. The second-order valence-electron chi connectivity index (χ2n) is 9.18. The Morgan fingerprint density at radius 3 is 2.75 bits per heavy atom. The highest BCUT2D eigenvalue weighted by molar-refractivity contribution is 6.33. The molecule has 190 valence electrons. The lowest BCUT2D eigenvalue weighted by atomic mass is 9.94. The summed E-state index contributed by atoms with van der Waals surface area (Å²) in [6, 6.07) is 11.7. The average molecular weight is 513 g/mol. The van der Waals surface area contributed by atoms with Crippen LogP contribution in [0.5, 0.6) is 5.75 Å². The minimum Gasteiger partial charge on any atom is -0.481 e. The molecule has 3 aromatic rings. The maximum Gasteiger partial charge on any atom is 0.306 e. The molecule has 2 atom stereocenters. The van der Waals surface area contributed by atoms with Crippen LogP contribution in [0.2, 0.25) is 5.02 Å². The van der Waals surface area contributed by atoms with Crippen LogP contribution in [0.3, 0.4) is 0 Å². The molecule has 4 rings (SSSR count). The third kappa shape index (κ3) is 5.95. The Hall–Kier alpha value is -3.19. The minimum absolute atomic E-state index is 0.0958. The van der Waals surface area contributed by atoms with Crippen molar-refractivity contribution in [3.8, 4) is 16.9 Å². The summed E-state index contributed by atoms with van der Waals surface area (Å²) in [7, 11) is 0. The zero-order valence-electron chi connectivity index (χ0n) is 20.7. The van der Waals surface area contributed by atoms with Gasteiger partial charge in [-0.3, -0.25) is 14.6 Å². The predicted molar refractivity (Wildman–Crippen MR) is 138 cm³/mol. The van der Waals surface area contributed by atoms with E-state index in [1.807, 2.05) is 19.1 Å². The summed E-state index contributed by atoms with van der Waals surface area (Å²) >= 11 is 6.33. The van der Waals surface area contributed by atoms with Crippen LogP contribution < -0.4 is 4.74 Å². The predicted octanol–water partition coefficient (Wildman–Crippen LogP) is 5.96. The summed E-state index contributed by atoms with van der Waals surface area (Å²) in [5.41, 5.74) is 3.03. The number of aromatic nitrogens is 1. The summed E-state index contributed by atoms with van der Waals surface area (Å²) in [6.45, 7) is 6.92. The van der Waals surface area contributed by atoms with Gasteiger partial charge in [0.15, 0.2) is 6.10 Å². The third-order valence-corrected chi connectivity index (χ3v) is 6.70. The zero-order valence-corrected chi connectivity index (χ0v) is 21.5. The fourth-order valence-corrected chi connectivity index (χ4v) is 5.01. The quantitative estimate of drug-likeness (QED) is 0.365. The molecule has 0 aliphatic carbocycles. The molecule has 1 unspecified atom stereocenters. The number of amides is 1. The molecule has 6 nitrogen and oxygen atoms in total. The Bertz CT molecular complexity index is 1280. The molecule has 1 fully saturated rings. The van der Waals surface area contributed by atoms with Crippen LogP contribution >= 0.6 is 11.6 Å². The Balaban J connectivity index is 1.50. The normalized spacial score (nSPS) is 16.6. The third-order valence-electron chi connectivity index (χ3n) is 6.38. The van der Waals surface area contributed by atoms with E-state index in [9.17, 15) is 14.0 Å². The number of piperidine rings is 1. The van der Waals surface area contributed by atoms with E-state index in [2.05, 4.69) is 4.98 Å². The number of nitrogens with zero attached hydrogens (tertiary/aromatic N) is 2. The van der Waals surface area contributed by atoms with Crippen molar-refractivity contribution >= 4 is 34.4 Å². The van der Waals surface area contributed by atoms with E-state index in [1.54, 1.807) is 36.9 Å². The van der Waals surface area contributed by atoms with Crippen molar-refractivity contribution in [1.29, 1.82) is 0 Å². The first kappa shape index (κ1) is 25.9. The number of benzene rings is 2. The molecule has 1 aromatic heterocycles. The van der Waals surface area contributed by atoms with Crippen molar-refractivity contribution in [3.05, 3.63) is 59.0 Å². The molecule has 0 spiro atoms. The Morgan fingerprint density at radius 1 is 1.19 bits per heavy atom. The molecule has 8 heteroatoms. The molecule has 0 radical (unpaired) electrons. The fraction of sp³-hybridized carbons (Fsp3) is 0.393. The number of hydrogen-bond donors (Lipinski definition) is 0. The average Bonchev–Trinajstić information content (AvgIpc) is 2.83. The molecule has 1 amide bonds. The molecule has 1 aliphatic rings. The summed E-state index contributed by atoms with van der Waals surface area (Å²) in [4.78, 5) is 31.4. The Kier molecular flexibility index (Phi) is 8.09. The van der Waals surface area contributed by atoms with E-state index in [4.69, 9.17) is 21.1 Å². The van der Waals surface area contributed by atoms with Crippen molar-refractivity contribution < 1.29 is 23.5 Å². The maximum absolute atomic E-state index is 13.6. The van der Waals surface area contributed by atoms with E-state index in [1.165, 1.54) is 12.1 Å². The van der Waals surface area contributed by atoms with Gasteiger partial charge in [-0.1, -0.05) is 11.6 Å². The van der Waals surface area contributed by atoms with Crippen LogP contribution in [0.1, 0.15) is 38.8 Å². The Morgan fingerprint density at radius 2 is 2.00 bits per heavy atom. The number of pyridine rings is 1. The summed E-state index contributed by atoms with van der Waals surface area (Å²) < 4.78 is 24.7. The number of halogens is 2. The highest BCUT2D eigenvalue weighted by Gasteiger charge is 2.29. The molecule has 0 N–H and O–H groups in total. The van der Waals surface area contributed by atoms with Crippen LogP contribution in [0.15, 0.2) is 42.5 Å². The molecule has 2 aromatic carbocycles. The van der Waals surface area contributed by atoms with Crippen molar-refractivity contribution in [2.75, 3.05) is 19.7 Å². The molecule has 0 saturated carbocycles. The van der Waals surface area contributed by atoms with Crippen LogP contribution in [0, 0.1) is 18.7 Å². The lowest BCUT2D eigenvalue weighted by Crippen LogP contribution is -2.46. The van der Waals surface area contributed by atoms with Gasteiger partial charge in [-0.15, -0.1) is 0 Å². The van der Waals surface area contributed by atoms with Gasteiger partial charge in [0.05, 0.1) is 23.6 Å². The van der Waals surface area contributed by atoms with Crippen LogP contribution in [0.25, 0.3) is 22.0 Å². The second kappa shape index (κ2) is 11.2. The van der Waals surface area contributed by atoms with Crippen molar-refractivity contribution in [2.45, 2.75) is 46.1 Å². The Labute approximate surface area is 215 Å². The van der Waals surface area contributed by atoms with Crippen molar-refractivity contribution in [3.63, 3.8) is 0 Å². The topological polar surface area (TPSA) is 68.7 Å². The van der Waals surface area contributed by atoms with Crippen molar-refractivity contribution in [1.82, 2.24) is 9.88 Å². The first-order valence-electron chi connectivity index (χ1n) is 12.2. The number of carbonyl (C=O) groups excluding carboxylic acids is 2. The summed E-state index contributed by atoms with van der Waals surface area (Å²) in [5.74, 6) is -0.105. The second-order valence-corrected chi connectivity index (χ2v) is 9.58. The van der Waals surface area contributed by atoms with E-state index in [0.717, 1.165) is 29.5 Å². The largest absolute Gasteiger partial charge is 0.481 e. The van der Waals surface area contributed by atoms with E-state index < -0.39 is 11.9 Å². The molecule has 2 heterocycles. The molecule has 1 saturated heterocycles. The summed E-state index contributed by atoms with van der Waals surface area (Å²) in [5, 5.41) is 1.17. The van der Waals surface area contributed by atoms with Gasteiger partial charge in [0.25, 0.3) is 5.91 Å². The molecule has 0 bridgehead atoms. The van der Waals surface area contributed by atoms with Gasteiger partial charge in [-0.25, -0.2) is 4.39 Å². The van der Waals surface area contributed by atoms with Gasteiger partial charge < -0.3 is 14.4 Å². The number of ether oxygens (including phenoxy) is 2. The standard InChI is InChI=1S/C28H30ClFN2O4/c1-4-35-27(33)13-19-6-5-11-32(16-19)28(34)18(3)36-21-8-10-23-24(12-17(2)31-26(23)15-21)22-9-7-20(30)14-25(22)29/h7-10,12,14-15,18-19H,4-6,11,13,16H2,1-3H3/t18?,19-/m1/s1. The lowest BCUT2D eigenvalue weighted by molar-refractivity contribution is -0.147. The number of aryl methyl sites for hydroxylation is 1. The van der Waals surface area contributed by atoms with Crippen LogP contribution in [-0.4, -0.2) is 47.6 Å². The van der Waals surface area contributed by atoms with E-state index >= 15 is 0 Å². The zero-order chi connectivity index (χ0) is 25.8. The number of carbonyl (C=O) groups is 2. The number of hydrogen-bond acceptors (Lipinski definition) is 5. The smallest absolute Gasteiger partial charge is 0.306 e. The summed E-state index contributed by atoms with van der Waals surface area (Å²) in [6.07, 6.45) is 1.37. The molecular weight excluding hydrogens is 483 g/mol. The minimum atomic E-state index is -0.695. The van der Waals surface area contributed by atoms with Crippen LogP contribution in [-0.2, 0) is 14.3 Å². The van der Waals surface area contributed by atoms with Gasteiger partial charge in [-0.2, -0.15) is 0 Å². The highest BCUT2D eigenvalue weighted by Crippen LogP contribution is 2.35. The van der Waals surface area contributed by atoms with Gasteiger partial charge in [0, 0.05) is 35.8 Å². The maximum atomic E-state index is 13.6. The number of likely N-dealkylation sites (tertiary alicyclic amines) is 1. The molecule has 1 aliphatic heterocycles. The SMILES string of the molecule is CCOC(=O)C[C@H]1CCCN(C(=O)C(C)Oc2ccc3c(-c4ccc(F)cc4Cl)cc(C)nc3c2)C1. The number of fused-ring (bicyclic) bond motifs is 1. The lowest BCUT2D eigenvalue weighted by Gasteiger charge is -2.34. The number of esters is 1. The van der Waals surface area contributed by atoms with Crippen LogP contribution in [0.4, 0.5) is 4.39 Å². The van der Waals surface area contributed by atoms with Gasteiger partial charge in [-0.05, 0) is 81.5 Å². The van der Waals surface area contributed by atoms with E-state index in [-0.39, 0.29) is 17.8 Å². The van der Waals surface area contributed by atoms with Gasteiger partial charge in [0.2, 0.25) is 0 Å². The van der Waals surface area contributed by atoms with Gasteiger partial charge >= 0.3 is 5.97 Å². The van der Waals surface area contributed by atoms with Gasteiger partial charge in [0.1, 0.15) is 11.6 Å². The van der Waals surface area contributed by atoms with Crippen molar-refractivity contribution in [2.24, 2.45) is 5.92 Å². The highest BCUT2D eigenvalue weighted by atomic mass is 35.5. The first-order valence-corrected chi connectivity index (χ1v) is 12.6. The monoisotopic (exact) mass is 512 g/mol. The molecule has 36 heavy (non-hydrogen) atoms. The molecular formula is C28H30ClFN2O4. The first-order chi connectivity index (χ1) is 17.2. The number of rotatable bonds is 7.